The summed E-state index contributed by atoms with van der Waals surface area (Å²) in [6, 6.07) is 55.2. The van der Waals surface area contributed by atoms with Crippen LogP contribution in [0, 0.1) is 20.8 Å². The highest BCUT2D eigenvalue weighted by atomic mass is 16.3. The van der Waals surface area contributed by atoms with Crippen LogP contribution in [-0.4, -0.2) is 0 Å². The Morgan fingerprint density at radius 2 is 1.05 bits per heavy atom. The second-order valence-corrected chi connectivity index (χ2v) is 23.7. The molecule has 0 amide bonds. The minimum atomic E-state index is -0.442. The molecule has 0 fully saturated rings. The zero-order valence-electron chi connectivity index (χ0n) is 45.5. The number of aryl methyl sites for hydroxylation is 3. The fourth-order valence-corrected chi connectivity index (χ4v) is 14.8. The molecule has 4 heteroatoms. The number of rotatable bonds is 5. The Labute approximate surface area is 449 Å². The number of furan rings is 3. The van der Waals surface area contributed by atoms with Gasteiger partial charge in [-0.05, 0) is 160 Å². The lowest BCUT2D eigenvalue weighted by atomic mass is 9.72. The molecule has 0 bridgehead atoms. The maximum Gasteiger partial charge on any atom is 0.144 e. The van der Waals surface area contributed by atoms with E-state index in [0.717, 1.165) is 94.1 Å². The van der Waals surface area contributed by atoms with Crippen molar-refractivity contribution >= 4 is 82.8 Å². The maximum atomic E-state index is 7.03. The molecule has 3 aliphatic carbocycles. The van der Waals surface area contributed by atoms with Gasteiger partial charge >= 0.3 is 0 Å². The van der Waals surface area contributed by atoms with E-state index in [0.29, 0.717) is 0 Å². The number of benzene rings is 9. The van der Waals surface area contributed by atoms with Crippen molar-refractivity contribution in [1.82, 2.24) is 0 Å². The Bertz CT molecular complexity index is 4700. The van der Waals surface area contributed by atoms with Crippen molar-refractivity contribution < 1.29 is 13.3 Å². The van der Waals surface area contributed by atoms with Gasteiger partial charge in [-0.1, -0.05) is 163 Å². The summed E-state index contributed by atoms with van der Waals surface area (Å²) in [7, 11) is 0. The van der Waals surface area contributed by atoms with Crippen LogP contribution in [0.5, 0.6) is 0 Å². The Hall–Kier alpha value is -8.60. The Balaban J connectivity index is 0.934. The molecule has 4 nitrogen and oxygen atoms in total. The first-order chi connectivity index (χ1) is 37.1. The summed E-state index contributed by atoms with van der Waals surface area (Å²) < 4.78 is 20.3. The molecule has 3 aliphatic rings. The van der Waals surface area contributed by atoms with Crippen molar-refractivity contribution in [2.75, 3.05) is 4.90 Å². The molecule has 0 N–H and O–H groups in total. The average Bonchev–Trinajstić information content (AvgIpc) is 4.39. The van der Waals surface area contributed by atoms with Gasteiger partial charge in [0.1, 0.15) is 33.5 Å². The van der Waals surface area contributed by atoms with E-state index >= 15 is 0 Å². The van der Waals surface area contributed by atoms with Crippen LogP contribution in [0.4, 0.5) is 11.4 Å². The molecule has 3 aromatic heterocycles. The van der Waals surface area contributed by atoms with Crippen LogP contribution in [-0.2, 0) is 16.2 Å². The molecule has 3 heterocycles. The molecular formula is C73H59NO3. The molecule has 12 aromatic rings. The SMILES string of the molecule is C=C1/C(=C\C(=C/C)N(c2ccc3c(c2)C(C)(C)c2c4c(c5oc6ccccc6c5c2-3)-c2ccccc2C4(C)C)c2c(C)cc(C)cc2C)C(C)(C)c2cc(-c3ccc4oc5ccccc5c4c3)c3oc4ccccc4c3c21. The van der Waals surface area contributed by atoms with Crippen molar-refractivity contribution in [3.05, 3.63) is 232 Å². The second kappa shape index (κ2) is 15.5. The van der Waals surface area contributed by atoms with E-state index in [-0.39, 0.29) is 10.8 Å². The highest BCUT2D eigenvalue weighted by Gasteiger charge is 2.49. The average molecular weight is 998 g/mol. The zero-order valence-corrected chi connectivity index (χ0v) is 45.5. The van der Waals surface area contributed by atoms with Gasteiger partial charge in [0.15, 0.2) is 0 Å². The van der Waals surface area contributed by atoms with E-state index in [4.69, 9.17) is 19.8 Å². The van der Waals surface area contributed by atoms with E-state index in [1.807, 2.05) is 12.1 Å². The number of fused-ring (bicyclic) bond motifs is 20. The van der Waals surface area contributed by atoms with Crippen LogP contribution in [0.3, 0.4) is 0 Å². The highest BCUT2D eigenvalue weighted by Crippen LogP contribution is 2.64. The molecule has 374 valence electrons. The van der Waals surface area contributed by atoms with Crippen LogP contribution >= 0.6 is 0 Å². The first-order valence-corrected chi connectivity index (χ1v) is 27.2. The number of allylic oxidation sites excluding steroid dienone is 4. The quantitative estimate of drug-likeness (QED) is 0.172. The number of hydrogen-bond donors (Lipinski definition) is 0. The van der Waals surface area contributed by atoms with Crippen LogP contribution in [0.15, 0.2) is 195 Å². The van der Waals surface area contributed by atoms with E-state index in [2.05, 4.69) is 226 Å². The lowest BCUT2D eigenvalue weighted by Crippen LogP contribution is -2.25. The lowest BCUT2D eigenvalue weighted by Gasteiger charge is -2.33. The molecule has 0 saturated heterocycles. The summed E-state index contributed by atoms with van der Waals surface area (Å²) in [6.07, 6.45) is 4.72. The van der Waals surface area contributed by atoms with E-state index < -0.39 is 5.41 Å². The monoisotopic (exact) mass is 997 g/mol. The lowest BCUT2D eigenvalue weighted by molar-refractivity contribution is 0.600. The minimum Gasteiger partial charge on any atom is -0.456 e. The van der Waals surface area contributed by atoms with Crippen molar-refractivity contribution in [2.24, 2.45) is 0 Å². The summed E-state index contributed by atoms with van der Waals surface area (Å²) in [5, 5.41) is 6.76. The summed E-state index contributed by atoms with van der Waals surface area (Å²) in [6.45, 7) is 28.4. The molecule has 0 spiro atoms. The molecule has 0 aliphatic heterocycles. The van der Waals surface area contributed by atoms with Gasteiger partial charge in [-0.3, -0.25) is 0 Å². The number of nitrogens with zero attached hydrogens (tertiary/aromatic N) is 1. The van der Waals surface area contributed by atoms with Gasteiger partial charge in [0.2, 0.25) is 0 Å². The first kappa shape index (κ1) is 45.8. The number of anilines is 2. The highest BCUT2D eigenvalue weighted by molar-refractivity contribution is 6.21. The van der Waals surface area contributed by atoms with Gasteiger partial charge in [0.25, 0.3) is 0 Å². The van der Waals surface area contributed by atoms with Crippen molar-refractivity contribution in [1.29, 1.82) is 0 Å². The van der Waals surface area contributed by atoms with Gasteiger partial charge in [0, 0.05) is 71.1 Å². The third-order valence-electron chi connectivity index (χ3n) is 18.2. The Morgan fingerprint density at radius 3 is 1.75 bits per heavy atom. The molecule has 0 saturated carbocycles. The third kappa shape index (κ3) is 5.99. The standard InChI is InChI=1S/C73H59NO3/c1-12-44(36-54-42(5)61-56(71(54,6)7)38-51(69-63(61)49-23-15-19-27-58(49)76-69)43-29-32-60-52(35-43)46-21-14-18-26-57(46)75-60)74(68-40(3)33-39(2)34-41(68)4)45-30-31-48-55(37-45)73(10,11)66-62(48)64-50-24-16-20-28-59(50)77-70(64)65-47-22-13-17-25-53(47)72(8,9)67(65)66/h12-38H,5H2,1-4,6-11H3/b44-12+,54-36+. The fourth-order valence-electron chi connectivity index (χ4n) is 14.8. The van der Waals surface area contributed by atoms with Crippen molar-refractivity contribution in [2.45, 2.75) is 85.5 Å². The predicted molar refractivity (Wildman–Crippen MR) is 322 cm³/mol. The number of hydrogen-bond acceptors (Lipinski definition) is 4. The van der Waals surface area contributed by atoms with Gasteiger partial charge < -0.3 is 18.2 Å². The molecule has 15 rings (SSSR count). The topological polar surface area (TPSA) is 42.7 Å². The molecule has 0 atom stereocenters. The number of para-hydroxylation sites is 3. The summed E-state index contributed by atoms with van der Waals surface area (Å²) in [4.78, 5) is 2.52. The first-order valence-electron chi connectivity index (χ1n) is 27.2. The summed E-state index contributed by atoms with van der Waals surface area (Å²) >= 11 is 0. The molecular weight excluding hydrogens is 939 g/mol. The Morgan fingerprint density at radius 1 is 0.481 bits per heavy atom. The van der Waals surface area contributed by atoms with Gasteiger partial charge in [0.05, 0.1) is 5.69 Å². The second-order valence-electron chi connectivity index (χ2n) is 23.7. The van der Waals surface area contributed by atoms with Gasteiger partial charge in [-0.2, -0.15) is 0 Å². The minimum absolute atomic E-state index is 0.247. The molecule has 77 heavy (non-hydrogen) atoms. The van der Waals surface area contributed by atoms with E-state index in [1.165, 1.54) is 83.4 Å². The van der Waals surface area contributed by atoms with E-state index in [9.17, 15) is 0 Å². The van der Waals surface area contributed by atoms with Crippen LogP contribution in [0.25, 0.3) is 105 Å². The Kier molecular flexibility index (Phi) is 9.22. The van der Waals surface area contributed by atoms with Crippen molar-refractivity contribution in [3.8, 4) is 33.4 Å². The largest absolute Gasteiger partial charge is 0.456 e. The fraction of sp³-hybridized carbons (Fsp3) is 0.178. The van der Waals surface area contributed by atoms with Crippen LogP contribution < -0.4 is 4.90 Å². The molecule has 0 radical (unpaired) electrons. The van der Waals surface area contributed by atoms with E-state index in [1.54, 1.807) is 0 Å². The van der Waals surface area contributed by atoms with Crippen LogP contribution in [0.2, 0.25) is 0 Å². The molecule has 0 unspecified atom stereocenters. The predicted octanol–water partition coefficient (Wildman–Crippen LogP) is 20.6. The maximum absolute atomic E-state index is 7.03. The smallest absolute Gasteiger partial charge is 0.144 e. The van der Waals surface area contributed by atoms with Crippen LogP contribution in [0.1, 0.15) is 98.5 Å². The van der Waals surface area contributed by atoms with Crippen molar-refractivity contribution in [3.63, 3.8) is 0 Å². The summed E-state index contributed by atoms with van der Waals surface area (Å²) in [5.74, 6) is 0. The molecule has 9 aromatic carbocycles. The zero-order chi connectivity index (χ0) is 52.8. The third-order valence-corrected chi connectivity index (χ3v) is 18.2. The normalized spacial score (nSPS) is 16.4. The van der Waals surface area contributed by atoms with Gasteiger partial charge in [-0.15, -0.1) is 0 Å². The van der Waals surface area contributed by atoms with Gasteiger partial charge in [-0.25, -0.2) is 0 Å². The summed E-state index contributed by atoms with van der Waals surface area (Å²) in [5.41, 5.74) is 28.7.